The average Bonchev–Trinajstić information content (AvgIpc) is 3.14. The van der Waals surface area contributed by atoms with Gasteiger partial charge in [0.1, 0.15) is 23.7 Å². The summed E-state index contributed by atoms with van der Waals surface area (Å²) in [6.07, 6.45) is 1.27. The SMILES string of the molecule is CC(C)NC(=O)c1coc(CN(Cc2ccc(F)cc2)Cc2ccc(F)cc2F)n1. The standard InChI is InChI=1S/C22H22F3N3O2/c1-14(2)26-22(29)20-13-30-21(27-20)12-28(10-15-3-6-17(23)7-4-15)11-16-5-8-18(24)9-19(16)25/h3-9,13-14H,10-12H2,1-2H3,(H,26,29). The van der Waals surface area contributed by atoms with E-state index >= 15 is 0 Å². The van der Waals surface area contributed by atoms with Crippen LogP contribution >= 0.6 is 0 Å². The van der Waals surface area contributed by atoms with E-state index in [0.717, 1.165) is 11.6 Å². The van der Waals surface area contributed by atoms with E-state index in [1.807, 2.05) is 13.8 Å². The minimum Gasteiger partial charge on any atom is -0.447 e. The molecule has 1 aromatic heterocycles. The second-order valence-electron chi connectivity index (χ2n) is 7.26. The molecule has 3 aromatic rings. The van der Waals surface area contributed by atoms with E-state index in [-0.39, 0.29) is 42.4 Å². The third kappa shape index (κ3) is 5.93. The predicted octanol–water partition coefficient (Wildman–Crippen LogP) is 4.43. The van der Waals surface area contributed by atoms with Crippen LogP contribution in [0.2, 0.25) is 0 Å². The highest BCUT2D eigenvalue weighted by molar-refractivity contribution is 5.92. The lowest BCUT2D eigenvalue weighted by atomic mass is 10.1. The summed E-state index contributed by atoms with van der Waals surface area (Å²) >= 11 is 0. The molecule has 5 nitrogen and oxygen atoms in total. The Balaban J connectivity index is 1.79. The fourth-order valence-electron chi connectivity index (χ4n) is 2.92. The Kier molecular flexibility index (Phi) is 6.89. The van der Waals surface area contributed by atoms with Gasteiger partial charge in [0.25, 0.3) is 5.91 Å². The van der Waals surface area contributed by atoms with E-state index in [4.69, 9.17) is 4.42 Å². The van der Waals surface area contributed by atoms with Crippen LogP contribution in [0.4, 0.5) is 13.2 Å². The molecule has 0 fully saturated rings. The van der Waals surface area contributed by atoms with Crippen molar-refractivity contribution in [3.8, 4) is 0 Å². The highest BCUT2D eigenvalue weighted by atomic mass is 19.1. The molecule has 0 saturated carbocycles. The molecule has 0 spiro atoms. The lowest BCUT2D eigenvalue weighted by Gasteiger charge is -2.21. The minimum atomic E-state index is -0.663. The summed E-state index contributed by atoms with van der Waals surface area (Å²) in [6, 6.07) is 9.27. The number of hydrogen-bond acceptors (Lipinski definition) is 4. The zero-order valence-corrected chi connectivity index (χ0v) is 16.7. The van der Waals surface area contributed by atoms with Gasteiger partial charge in [-0.2, -0.15) is 0 Å². The van der Waals surface area contributed by atoms with Crippen molar-refractivity contribution in [2.24, 2.45) is 0 Å². The first-order valence-corrected chi connectivity index (χ1v) is 9.46. The Morgan fingerprint density at radius 3 is 2.40 bits per heavy atom. The van der Waals surface area contributed by atoms with Crippen molar-refractivity contribution in [2.75, 3.05) is 0 Å². The van der Waals surface area contributed by atoms with Crippen LogP contribution in [0.25, 0.3) is 0 Å². The number of benzene rings is 2. The quantitative estimate of drug-likeness (QED) is 0.589. The molecular weight excluding hydrogens is 395 g/mol. The molecule has 0 aliphatic carbocycles. The lowest BCUT2D eigenvalue weighted by Crippen LogP contribution is -2.30. The fraction of sp³-hybridized carbons (Fsp3) is 0.273. The number of aromatic nitrogens is 1. The van der Waals surface area contributed by atoms with Gasteiger partial charge in [-0.1, -0.05) is 18.2 Å². The highest BCUT2D eigenvalue weighted by Gasteiger charge is 2.17. The summed E-state index contributed by atoms with van der Waals surface area (Å²) in [5.41, 5.74) is 1.24. The second kappa shape index (κ2) is 9.58. The Hall–Kier alpha value is -3.13. The molecule has 1 heterocycles. The highest BCUT2D eigenvalue weighted by Crippen LogP contribution is 2.17. The first-order chi connectivity index (χ1) is 14.3. The molecule has 158 valence electrons. The van der Waals surface area contributed by atoms with Crippen LogP contribution in [0, 0.1) is 17.5 Å². The third-order valence-corrected chi connectivity index (χ3v) is 4.29. The van der Waals surface area contributed by atoms with Crippen LogP contribution in [0.1, 0.15) is 41.4 Å². The number of amides is 1. The maximum absolute atomic E-state index is 14.2. The van der Waals surface area contributed by atoms with Gasteiger partial charge in [0, 0.05) is 30.8 Å². The Morgan fingerprint density at radius 2 is 1.73 bits per heavy atom. The van der Waals surface area contributed by atoms with Crippen molar-refractivity contribution in [2.45, 2.75) is 39.5 Å². The van der Waals surface area contributed by atoms with Gasteiger partial charge in [-0.15, -0.1) is 0 Å². The molecule has 0 aliphatic heterocycles. The zero-order chi connectivity index (χ0) is 21.7. The minimum absolute atomic E-state index is 0.0472. The van der Waals surface area contributed by atoms with Crippen molar-refractivity contribution >= 4 is 5.91 Å². The van der Waals surface area contributed by atoms with E-state index < -0.39 is 11.6 Å². The number of hydrogen-bond donors (Lipinski definition) is 1. The molecule has 30 heavy (non-hydrogen) atoms. The number of carbonyl (C=O) groups excluding carboxylic acids is 1. The molecule has 1 N–H and O–H groups in total. The van der Waals surface area contributed by atoms with Crippen LogP contribution in [0.5, 0.6) is 0 Å². The van der Waals surface area contributed by atoms with E-state index in [1.54, 1.807) is 17.0 Å². The lowest BCUT2D eigenvalue weighted by molar-refractivity contribution is 0.0938. The van der Waals surface area contributed by atoms with Gasteiger partial charge in [0.15, 0.2) is 5.69 Å². The van der Waals surface area contributed by atoms with Gasteiger partial charge in [0.2, 0.25) is 5.89 Å². The monoisotopic (exact) mass is 417 g/mol. The molecule has 0 saturated heterocycles. The molecule has 3 rings (SSSR count). The van der Waals surface area contributed by atoms with Crippen LogP contribution in [-0.4, -0.2) is 21.8 Å². The van der Waals surface area contributed by atoms with Crippen LogP contribution in [-0.2, 0) is 19.6 Å². The van der Waals surface area contributed by atoms with Gasteiger partial charge in [-0.25, -0.2) is 18.2 Å². The first kappa shape index (κ1) is 21.6. The molecule has 0 unspecified atom stereocenters. The molecule has 1 amide bonds. The Bertz CT molecular complexity index is 1000. The number of rotatable bonds is 8. The molecular formula is C22H22F3N3O2. The number of carbonyl (C=O) groups is 1. The van der Waals surface area contributed by atoms with Crippen LogP contribution < -0.4 is 5.32 Å². The summed E-state index contributed by atoms with van der Waals surface area (Å²) < 4.78 is 46.0. The predicted molar refractivity (Wildman–Crippen MR) is 105 cm³/mol. The van der Waals surface area contributed by atoms with Crippen molar-refractivity contribution in [1.82, 2.24) is 15.2 Å². The number of halogens is 3. The zero-order valence-electron chi connectivity index (χ0n) is 16.7. The number of oxazole rings is 1. The number of nitrogens with one attached hydrogen (secondary N) is 1. The van der Waals surface area contributed by atoms with Crippen LogP contribution in [0.15, 0.2) is 53.1 Å². The van der Waals surface area contributed by atoms with Gasteiger partial charge >= 0.3 is 0 Å². The summed E-state index contributed by atoms with van der Waals surface area (Å²) in [5.74, 6) is -1.76. The molecule has 8 heteroatoms. The molecule has 0 aliphatic rings. The van der Waals surface area contributed by atoms with E-state index in [0.29, 0.717) is 12.1 Å². The van der Waals surface area contributed by atoms with Crippen molar-refractivity contribution < 1.29 is 22.4 Å². The summed E-state index contributed by atoms with van der Waals surface area (Å²) in [5, 5.41) is 2.73. The van der Waals surface area contributed by atoms with Crippen molar-refractivity contribution in [3.05, 3.63) is 88.9 Å². The van der Waals surface area contributed by atoms with Gasteiger partial charge in [0.05, 0.1) is 6.54 Å². The maximum Gasteiger partial charge on any atom is 0.273 e. The molecule has 0 radical (unpaired) electrons. The molecule has 0 atom stereocenters. The van der Waals surface area contributed by atoms with Crippen molar-refractivity contribution in [1.29, 1.82) is 0 Å². The van der Waals surface area contributed by atoms with E-state index in [9.17, 15) is 18.0 Å². The number of nitrogens with zero attached hydrogens (tertiary/aromatic N) is 2. The molecule has 2 aromatic carbocycles. The fourth-order valence-corrected chi connectivity index (χ4v) is 2.92. The van der Waals surface area contributed by atoms with E-state index in [1.165, 1.54) is 30.5 Å². The largest absolute Gasteiger partial charge is 0.447 e. The van der Waals surface area contributed by atoms with Gasteiger partial charge < -0.3 is 9.73 Å². The normalized spacial score (nSPS) is 11.3. The van der Waals surface area contributed by atoms with E-state index in [2.05, 4.69) is 10.3 Å². The smallest absolute Gasteiger partial charge is 0.273 e. The average molecular weight is 417 g/mol. The van der Waals surface area contributed by atoms with Gasteiger partial charge in [-0.05, 0) is 37.6 Å². The van der Waals surface area contributed by atoms with Crippen LogP contribution in [0.3, 0.4) is 0 Å². The Morgan fingerprint density at radius 1 is 1.03 bits per heavy atom. The Labute approximate surface area is 172 Å². The molecule has 0 bridgehead atoms. The summed E-state index contributed by atoms with van der Waals surface area (Å²) in [4.78, 5) is 18.1. The second-order valence-corrected chi connectivity index (χ2v) is 7.26. The van der Waals surface area contributed by atoms with Gasteiger partial charge in [-0.3, -0.25) is 9.69 Å². The first-order valence-electron chi connectivity index (χ1n) is 9.46. The maximum atomic E-state index is 14.2. The van der Waals surface area contributed by atoms with Crippen molar-refractivity contribution in [3.63, 3.8) is 0 Å². The third-order valence-electron chi connectivity index (χ3n) is 4.29. The summed E-state index contributed by atoms with van der Waals surface area (Å²) in [7, 11) is 0. The topological polar surface area (TPSA) is 58.4 Å². The summed E-state index contributed by atoms with van der Waals surface area (Å²) in [6.45, 7) is 4.32.